The van der Waals surface area contributed by atoms with Gasteiger partial charge < -0.3 is 33.2 Å². The maximum atomic E-state index is 12.2. The van der Waals surface area contributed by atoms with Gasteiger partial charge in [-0.05, 0) is 34.7 Å². The standard InChI is InChI=1S/C19H21ClN5O2.HI/c1-25(2,3)17(13-9-11-14(20)12-10-13)18-21-22-23-24(18)16-8-6-5-7-15(16)19(26)27-4;/h5-12,17H,1-4H3;1H/q+1;/p-1. The fraction of sp³-hybridized carbons (Fsp3) is 0.263. The van der Waals surface area contributed by atoms with Crippen molar-refractivity contribution in [1.82, 2.24) is 20.2 Å². The summed E-state index contributed by atoms with van der Waals surface area (Å²) in [6, 6.07) is 14.5. The average molecular weight is 514 g/mol. The molecule has 1 aromatic heterocycles. The minimum Gasteiger partial charge on any atom is -1.00 e. The number of tetrazole rings is 1. The molecule has 148 valence electrons. The molecule has 0 aliphatic heterocycles. The van der Waals surface area contributed by atoms with Crippen LogP contribution in [-0.2, 0) is 4.74 Å². The predicted molar refractivity (Wildman–Crippen MR) is 102 cm³/mol. The molecule has 0 bridgehead atoms. The van der Waals surface area contributed by atoms with Crippen LogP contribution in [0.25, 0.3) is 5.69 Å². The van der Waals surface area contributed by atoms with E-state index in [1.165, 1.54) is 7.11 Å². The van der Waals surface area contributed by atoms with Gasteiger partial charge in [0.05, 0.1) is 39.5 Å². The van der Waals surface area contributed by atoms with E-state index in [0.717, 1.165) is 5.56 Å². The molecule has 9 heteroatoms. The largest absolute Gasteiger partial charge is 1.00 e. The van der Waals surface area contributed by atoms with Crippen molar-refractivity contribution in [3.8, 4) is 5.69 Å². The molecule has 0 spiro atoms. The highest BCUT2D eigenvalue weighted by Crippen LogP contribution is 2.31. The number of benzene rings is 2. The molecule has 28 heavy (non-hydrogen) atoms. The van der Waals surface area contributed by atoms with E-state index < -0.39 is 5.97 Å². The second-order valence-corrected chi connectivity index (χ2v) is 7.46. The second kappa shape index (κ2) is 8.97. The summed E-state index contributed by atoms with van der Waals surface area (Å²) in [7, 11) is 7.53. The van der Waals surface area contributed by atoms with Crippen LogP contribution in [0.15, 0.2) is 48.5 Å². The zero-order valence-electron chi connectivity index (χ0n) is 16.0. The average Bonchev–Trinajstić information content (AvgIpc) is 3.10. The van der Waals surface area contributed by atoms with Crippen molar-refractivity contribution in [2.45, 2.75) is 6.04 Å². The van der Waals surface area contributed by atoms with E-state index in [4.69, 9.17) is 16.3 Å². The van der Waals surface area contributed by atoms with Crippen molar-refractivity contribution in [2.75, 3.05) is 28.3 Å². The lowest BCUT2D eigenvalue weighted by molar-refractivity contribution is -0.896. The zero-order valence-corrected chi connectivity index (χ0v) is 18.9. The molecule has 2 aromatic carbocycles. The Bertz CT molecular complexity index is 953. The zero-order chi connectivity index (χ0) is 19.6. The van der Waals surface area contributed by atoms with Crippen molar-refractivity contribution in [1.29, 1.82) is 0 Å². The molecule has 0 saturated heterocycles. The van der Waals surface area contributed by atoms with Crippen LogP contribution in [0.4, 0.5) is 0 Å². The number of carbonyl (C=O) groups excluding carboxylic acids is 1. The van der Waals surface area contributed by atoms with Crippen molar-refractivity contribution >= 4 is 17.6 Å². The summed E-state index contributed by atoms with van der Waals surface area (Å²) in [4.78, 5) is 12.2. The molecule has 0 saturated carbocycles. The van der Waals surface area contributed by atoms with Gasteiger partial charge in [-0.25, -0.2) is 4.79 Å². The Kier molecular flexibility index (Phi) is 7.13. The third-order valence-corrected chi connectivity index (χ3v) is 4.49. The monoisotopic (exact) mass is 513 g/mol. The molecule has 7 nitrogen and oxygen atoms in total. The molecular formula is C19H21ClIN5O2. The van der Waals surface area contributed by atoms with Crippen LogP contribution in [0, 0.1) is 0 Å². The summed E-state index contributed by atoms with van der Waals surface area (Å²) in [6.07, 6.45) is 0. The van der Waals surface area contributed by atoms with Gasteiger partial charge in [0.2, 0.25) is 5.82 Å². The van der Waals surface area contributed by atoms with E-state index in [-0.39, 0.29) is 30.0 Å². The van der Waals surface area contributed by atoms with Gasteiger partial charge in [0, 0.05) is 10.6 Å². The molecule has 0 aliphatic rings. The third-order valence-electron chi connectivity index (χ3n) is 4.24. The summed E-state index contributed by atoms with van der Waals surface area (Å²) < 4.78 is 7.04. The van der Waals surface area contributed by atoms with Gasteiger partial charge in [0.25, 0.3) is 0 Å². The molecule has 3 rings (SSSR count). The quantitative estimate of drug-likeness (QED) is 0.271. The van der Waals surface area contributed by atoms with E-state index in [1.807, 2.05) is 30.3 Å². The van der Waals surface area contributed by atoms with Crippen LogP contribution in [0.5, 0.6) is 0 Å². The summed E-state index contributed by atoms with van der Waals surface area (Å²) in [5, 5.41) is 13.0. The minimum atomic E-state index is -0.444. The Morgan fingerprint density at radius 1 is 1.11 bits per heavy atom. The smallest absolute Gasteiger partial charge is 0.340 e. The summed E-state index contributed by atoms with van der Waals surface area (Å²) >= 11 is 6.05. The maximum Gasteiger partial charge on any atom is 0.340 e. The molecule has 0 aliphatic carbocycles. The first-order chi connectivity index (χ1) is 12.8. The SMILES string of the molecule is COC(=O)c1ccccc1-n1nnnc1C(c1ccc(Cl)cc1)[N+](C)(C)C.[I-]. The lowest BCUT2D eigenvalue weighted by atomic mass is 10.0. The number of ether oxygens (including phenoxy) is 1. The Balaban J connectivity index is 0.00000280. The highest BCUT2D eigenvalue weighted by molar-refractivity contribution is 6.30. The third kappa shape index (κ3) is 4.50. The van der Waals surface area contributed by atoms with Crippen LogP contribution in [-0.4, -0.2) is 58.9 Å². The Morgan fingerprint density at radius 2 is 1.75 bits per heavy atom. The van der Waals surface area contributed by atoms with Crippen molar-refractivity contribution in [2.24, 2.45) is 0 Å². The first-order valence-corrected chi connectivity index (χ1v) is 8.73. The maximum absolute atomic E-state index is 12.2. The van der Waals surface area contributed by atoms with Crippen molar-refractivity contribution in [3.63, 3.8) is 0 Å². The molecule has 3 aromatic rings. The number of nitrogens with zero attached hydrogens (tertiary/aromatic N) is 5. The van der Waals surface area contributed by atoms with Crippen LogP contribution in [0.1, 0.15) is 27.8 Å². The van der Waals surface area contributed by atoms with Gasteiger partial charge in [-0.2, -0.15) is 4.68 Å². The molecule has 0 N–H and O–H groups in total. The van der Waals surface area contributed by atoms with Crippen molar-refractivity contribution < 1.29 is 38.0 Å². The first kappa shape index (κ1) is 22.3. The number of carbonyl (C=O) groups is 1. The predicted octanol–water partition coefficient (Wildman–Crippen LogP) is -0.0981. The van der Waals surface area contributed by atoms with Crippen molar-refractivity contribution in [3.05, 3.63) is 70.5 Å². The number of hydrogen-bond donors (Lipinski definition) is 0. The van der Waals surface area contributed by atoms with E-state index in [1.54, 1.807) is 22.9 Å². The number of esters is 1. The van der Waals surface area contributed by atoms with E-state index in [2.05, 4.69) is 36.7 Å². The molecule has 1 atom stereocenters. The molecule has 0 fully saturated rings. The summed E-state index contributed by atoms with van der Waals surface area (Å²) in [6.45, 7) is 0. The molecule has 0 amide bonds. The number of para-hydroxylation sites is 1. The Morgan fingerprint density at radius 3 is 2.36 bits per heavy atom. The van der Waals surface area contributed by atoms with Crippen LogP contribution >= 0.6 is 11.6 Å². The van der Waals surface area contributed by atoms with Gasteiger partial charge in [0.1, 0.15) is 0 Å². The number of hydrogen-bond acceptors (Lipinski definition) is 5. The van der Waals surface area contributed by atoms with Crippen LogP contribution in [0.3, 0.4) is 0 Å². The lowest BCUT2D eigenvalue weighted by Crippen LogP contribution is -3.00. The van der Waals surface area contributed by atoms with Crippen LogP contribution < -0.4 is 24.0 Å². The van der Waals surface area contributed by atoms with Gasteiger partial charge in [0.15, 0.2) is 6.04 Å². The van der Waals surface area contributed by atoms with Gasteiger partial charge in [-0.15, -0.1) is 5.10 Å². The van der Waals surface area contributed by atoms with Gasteiger partial charge in [-0.3, -0.25) is 0 Å². The minimum absolute atomic E-state index is 0. The molecule has 1 heterocycles. The van der Waals surface area contributed by atoms with Gasteiger partial charge in [-0.1, -0.05) is 35.9 Å². The number of halogens is 2. The highest BCUT2D eigenvalue weighted by atomic mass is 127. The normalized spacial score (nSPS) is 12.2. The topological polar surface area (TPSA) is 69.9 Å². The Hall–Kier alpha value is -2.04. The fourth-order valence-corrected chi connectivity index (χ4v) is 3.19. The number of methoxy groups -OCH3 is 1. The Labute approximate surface area is 185 Å². The van der Waals surface area contributed by atoms with Gasteiger partial charge >= 0.3 is 5.97 Å². The molecule has 0 radical (unpaired) electrons. The first-order valence-electron chi connectivity index (χ1n) is 8.35. The summed E-state index contributed by atoms with van der Waals surface area (Å²) in [5.41, 5.74) is 1.97. The number of aromatic nitrogens is 4. The molecule has 1 unspecified atom stereocenters. The highest BCUT2D eigenvalue weighted by Gasteiger charge is 2.34. The van der Waals surface area contributed by atoms with E-state index in [9.17, 15) is 4.79 Å². The number of rotatable bonds is 5. The summed E-state index contributed by atoms with van der Waals surface area (Å²) in [5.74, 6) is 0.168. The molecular weight excluding hydrogens is 493 g/mol. The lowest BCUT2D eigenvalue weighted by Gasteiger charge is -2.33. The van der Waals surface area contributed by atoms with E-state index >= 15 is 0 Å². The van der Waals surface area contributed by atoms with Crippen LogP contribution in [0.2, 0.25) is 5.02 Å². The second-order valence-electron chi connectivity index (χ2n) is 7.03. The van der Waals surface area contributed by atoms with E-state index in [0.29, 0.717) is 26.6 Å². The fourth-order valence-electron chi connectivity index (χ4n) is 3.06. The number of quaternary nitrogens is 1.